The van der Waals surface area contributed by atoms with Crippen molar-refractivity contribution in [3.8, 4) is 23.0 Å². The van der Waals surface area contributed by atoms with Gasteiger partial charge in [0.15, 0.2) is 23.0 Å². The van der Waals surface area contributed by atoms with Crippen molar-refractivity contribution in [1.82, 2.24) is 5.32 Å². The van der Waals surface area contributed by atoms with Crippen molar-refractivity contribution < 1.29 is 23.7 Å². The van der Waals surface area contributed by atoms with Gasteiger partial charge in [-0.3, -0.25) is 4.79 Å². The molecule has 0 saturated carbocycles. The molecule has 2 aliphatic heterocycles. The molecule has 2 aliphatic rings. The number of nitrogens with one attached hydrogen (secondary N) is 1. The molecule has 4 rings (SSSR count). The Balaban J connectivity index is 1.52. The molecule has 2 aromatic carbocycles. The molecular weight excluding hydrogens is 370 g/mol. The number of benzene rings is 2. The highest BCUT2D eigenvalue weighted by molar-refractivity contribution is 6.34. The second-order valence-electron chi connectivity index (χ2n) is 6.43. The Kier molecular flexibility index (Phi) is 4.99. The lowest BCUT2D eigenvalue weighted by molar-refractivity contribution is 0.0938. The summed E-state index contributed by atoms with van der Waals surface area (Å²) in [5.74, 6) is 2.22. The van der Waals surface area contributed by atoms with Crippen LogP contribution in [0.15, 0.2) is 30.3 Å². The molecule has 1 amide bonds. The fraction of sp³-hybridized carbons (Fsp3) is 0.350. The molecule has 2 heterocycles. The van der Waals surface area contributed by atoms with Gasteiger partial charge in [-0.2, -0.15) is 0 Å². The number of rotatable bonds is 3. The number of carbonyl (C=O) groups excluding carboxylic acids is 1. The summed E-state index contributed by atoms with van der Waals surface area (Å²) < 4.78 is 22.4. The molecule has 142 valence electrons. The minimum atomic E-state index is -0.281. The molecule has 1 atom stereocenters. The van der Waals surface area contributed by atoms with E-state index in [1.165, 1.54) is 0 Å². The van der Waals surface area contributed by atoms with Gasteiger partial charge in [0.2, 0.25) is 0 Å². The van der Waals surface area contributed by atoms with Gasteiger partial charge < -0.3 is 24.3 Å². The van der Waals surface area contributed by atoms with Crippen LogP contribution in [0.1, 0.15) is 35.3 Å². The third-order valence-corrected chi connectivity index (χ3v) is 4.81. The molecule has 1 unspecified atom stereocenters. The minimum Gasteiger partial charge on any atom is -0.490 e. The number of ether oxygens (including phenoxy) is 4. The topological polar surface area (TPSA) is 66.0 Å². The van der Waals surface area contributed by atoms with Gasteiger partial charge in [-0.05, 0) is 30.7 Å². The van der Waals surface area contributed by atoms with Crippen LogP contribution in [0.2, 0.25) is 5.02 Å². The maximum atomic E-state index is 12.7. The second-order valence-corrected chi connectivity index (χ2v) is 6.83. The van der Waals surface area contributed by atoms with E-state index >= 15 is 0 Å². The average Bonchev–Trinajstić information content (AvgIpc) is 2.92. The lowest BCUT2D eigenvalue weighted by atomic mass is 10.1. The molecule has 0 bridgehead atoms. The van der Waals surface area contributed by atoms with Crippen LogP contribution in [0.4, 0.5) is 0 Å². The summed E-state index contributed by atoms with van der Waals surface area (Å²) in [5, 5.41) is 3.29. The van der Waals surface area contributed by atoms with Crippen molar-refractivity contribution in [2.75, 3.05) is 26.4 Å². The molecule has 27 heavy (non-hydrogen) atoms. The summed E-state index contributed by atoms with van der Waals surface area (Å²) in [7, 11) is 0. The Labute approximate surface area is 162 Å². The van der Waals surface area contributed by atoms with E-state index in [-0.39, 0.29) is 11.9 Å². The predicted octanol–water partition coefficient (Wildman–Crippen LogP) is 3.76. The van der Waals surface area contributed by atoms with E-state index in [2.05, 4.69) is 5.32 Å². The van der Waals surface area contributed by atoms with Crippen LogP contribution in [0.5, 0.6) is 23.0 Å². The highest BCUT2D eigenvalue weighted by Crippen LogP contribution is 2.36. The number of carbonyl (C=O) groups is 1. The van der Waals surface area contributed by atoms with Crippen LogP contribution >= 0.6 is 11.6 Å². The summed E-state index contributed by atoms with van der Waals surface area (Å²) in [5.41, 5.74) is 1.27. The Hall–Kier alpha value is -2.60. The predicted molar refractivity (Wildman–Crippen MR) is 100 cm³/mol. The maximum absolute atomic E-state index is 12.7. The van der Waals surface area contributed by atoms with Crippen molar-refractivity contribution in [3.63, 3.8) is 0 Å². The van der Waals surface area contributed by atoms with Crippen LogP contribution in [0.3, 0.4) is 0 Å². The normalized spacial score (nSPS) is 16.2. The summed E-state index contributed by atoms with van der Waals surface area (Å²) in [6.45, 7) is 4.08. The van der Waals surface area contributed by atoms with Gasteiger partial charge in [0.1, 0.15) is 13.2 Å². The summed E-state index contributed by atoms with van der Waals surface area (Å²) >= 11 is 6.27. The first kappa shape index (κ1) is 17.8. The number of amides is 1. The van der Waals surface area contributed by atoms with Crippen molar-refractivity contribution in [2.24, 2.45) is 0 Å². The Bertz CT molecular complexity index is 870. The molecule has 0 aliphatic carbocycles. The lowest BCUT2D eigenvalue weighted by Crippen LogP contribution is -2.27. The fourth-order valence-electron chi connectivity index (χ4n) is 3.04. The van der Waals surface area contributed by atoms with E-state index in [9.17, 15) is 4.79 Å². The van der Waals surface area contributed by atoms with Gasteiger partial charge in [0, 0.05) is 12.5 Å². The number of hydrogen-bond donors (Lipinski definition) is 1. The number of fused-ring (bicyclic) bond motifs is 2. The molecule has 0 saturated heterocycles. The van der Waals surface area contributed by atoms with E-state index in [0.717, 1.165) is 17.7 Å². The van der Waals surface area contributed by atoms with Crippen LogP contribution in [-0.2, 0) is 0 Å². The first-order valence-corrected chi connectivity index (χ1v) is 9.29. The van der Waals surface area contributed by atoms with Crippen molar-refractivity contribution >= 4 is 17.5 Å². The molecular formula is C20H20ClNO5. The largest absolute Gasteiger partial charge is 0.490 e. The highest BCUT2D eigenvalue weighted by Gasteiger charge is 2.21. The monoisotopic (exact) mass is 389 g/mol. The minimum absolute atomic E-state index is 0.237. The first-order chi connectivity index (χ1) is 13.1. The van der Waals surface area contributed by atoms with Gasteiger partial charge >= 0.3 is 0 Å². The Morgan fingerprint density at radius 1 is 0.926 bits per heavy atom. The van der Waals surface area contributed by atoms with Crippen molar-refractivity contribution in [1.29, 1.82) is 0 Å². The molecule has 0 spiro atoms. The Morgan fingerprint density at radius 3 is 2.33 bits per heavy atom. The van der Waals surface area contributed by atoms with Crippen LogP contribution in [0.25, 0.3) is 0 Å². The molecule has 0 aromatic heterocycles. The van der Waals surface area contributed by atoms with Gasteiger partial charge in [-0.1, -0.05) is 17.7 Å². The molecule has 7 heteroatoms. The van der Waals surface area contributed by atoms with E-state index in [0.29, 0.717) is 54.3 Å². The third-order valence-electron chi connectivity index (χ3n) is 4.50. The molecule has 0 radical (unpaired) electrons. The number of hydrogen-bond acceptors (Lipinski definition) is 5. The molecule has 6 nitrogen and oxygen atoms in total. The quantitative estimate of drug-likeness (QED) is 0.865. The van der Waals surface area contributed by atoms with Gasteiger partial charge in [0.25, 0.3) is 5.91 Å². The summed E-state index contributed by atoms with van der Waals surface area (Å²) in [6.07, 6.45) is 0.846. The fourth-order valence-corrected chi connectivity index (χ4v) is 3.28. The summed E-state index contributed by atoms with van der Waals surface area (Å²) in [6, 6.07) is 8.69. The smallest absolute Gasteiger partial charge is 0.253 e. The average molecular weight is 390 g/mol. The second kappa shape index (κ2) is 7.56. The number of halogens is 1. The molecule has 1 N–H and O–H groups in total. The molecule has 2 aromatic rings. The summed E-state index contributed by atoms with van der Waals surface area (Å²) in [4.78, 5) is 12.7. The SMILES string of the molecule is CC(NC(=O)c1cc2c(cc1Cl)OCCO2)c1ccc2c(c1)OCCCO2. The van der Waals surface area contributed by atoms with Crippen LogP contribution in [0, 0.1) is 0 Å². The highest BCUT2D eigenvalue weighted by atomic mass is 35.5. The third kappa shape index (κ3) is 3.76. The van der Waals surface area contributed by atoms with Crippen molar-refractivity contribution in [2.45, 2.75) is 19.4 Å². The van der Waals surface area contributed by atoms with E-state index in [4.69, 9.17) is 30.5 Å². The van der Waals surface area contributed by atoms with E-state index < -0.39 is 0 Å². The van der Waals surface area contributed by atoms with Crippen molar-refractivity contribution in [3.05, 3.63) is 46.5 Å². The van der Waals surface area contributed by atoms with Gasteiger partial charge in [-0.25, -0.2) is 0 Å². The van der Waals surface area contributed by atoms with Crippen LogP contribution < -0.4 is 24.3 Å². The molecule has 0 fully saturated rings. The van der Waals surface area contributed by atoms with Gasteiger partial charge in [0.05, 0.1) is 29.8 Å². The first-order valence-electron chi connectivity index (χ1n) is 8.91. The zero-order valence-corrected chi connectivity index (χ0v) is 15.7. The lowest BCUT2D eigenvalue weighted by Gasteiger charge is -2.21. The van der Waals surface area contributed by atoms with E-state index in [1.54, 1.807) is 12.1 Å². The van der Waals surface area contributed by atoms with E-state index in [1.807, 2.05) is 25.1 Å². The zero-order chi connectivity index (χ0) is 18.8. The Morgan fingerprint density at radius 2 is 1.56 bits per heavy atom. The van der Waals surface area contributed by atoms with Crippen LogP contribution in [-0.4, -0.2) is 32.3 Å². The standard InChI is InChI=1S/C20H20ClNO5/c1-12(13-3-4-16-17(9-13)25-6-2-5-24-16)22-20(23)14-10-18-19(11-15(14)21)27-8-7-26-18/h3-4,9-12H,2,5-8H2,1H3,(H,22,23). The maximum Gasteiger partial charge on any atom is 0.253 e. The zero-order valence-electron chi connectivity index (χ0n) is 14.9. The van der Waals surface area contributed by atoms with Gasteiger partial charge in [-0.15, -0.1) is 0 Å².